The first-order valence-electron chi connectivity index (χ1n) is 9.47. The molecule has 6 nitrogen and oxygen atoms in total. The number of nitrogens with one attached hydrogen (secondary N) is 1. The molecule has 1 amide bonds. The van der Waals surface area contributed by atoms with E-state index < -0.39 is 0 Å². The van der Waals surface area contributed by atoms with Crippen LogP contribution in [0.3, 0.4) is 0 Å². The number of thioether (sulfide) groups is 1. The van der Waals surface area contributed by atoms with E-state index in [0.717, 1.165) is 36.5 Å². The van der Waals surface area contributed by atoms with Gasteiger partial charge in [-0.25, -0.2) is 0 Å². The summed E-state index contributed by atoms with van der Waals surface area (Å²) in [4.78, 5) is 12.3. The Morgan fingerprint density at radius 1 is 1.17 bits per heavy atom. The first kappa shape index (κ1) is 19.9. The summed E-state index contributed by atoms with van der Waals surface area (Å²) < 4.78 is 7.85. The summed E-state index contributed by atoms with van der Waals surface area (Å²) >= 11 is 7.39. The Labute approximate surface area is 178 Å². The molecule has 4 rings (SSSR count). The number of carbonyl (C=O) groups excluding carboxylic acids is 1. The van der Waals surface area contributed by atoms with E-state index in [9.17, 15) is 4.79 Å². The lowest BCUT2D eigenvalue weighted by molar-refractivity contribution is -0.113. The van der Waals surface area contributed by atoms with E-state index in [-0.39, 0.29) is 17.8 Å². The van der Waals surface area contributed by atoms with Crippen LogP contribution in [0, 0.1) is 0 Å². The second-order valence-corrected chi connectivity index (χ2v) is 8.14. The van der Waals surface area contributed by atoms with Crippen molar-refractivity contribution in [3.63, 3.8) is 0 Å². The van der Waals surface area contributed by atoms with Crippen LogP contribution in [0.2, 0.25) is 5.02 Å². The molecule has 1 aliphatic heterocycles. The molecule has 0 radical (unpaired) electrons. The van der Waals surface area contributed by atoms with Gasteiger partial charge in [-0.15, -0.1) is 10.2 Å². The number of nitrogens with zero attached hydrogens (tertiary/aromatic N) is 3. The fourth-order valence-electron chi connectivity index (χ4n) is 3.21. The molecule has 2 aromatic carbocycles. The van der Waals surface area contributed by atoms with Gasteiger partial charge >= 0.3 is 0 Å². The summed E-state index contributed by atoms with van der Waals surface area (Å²) in [6.07, 6.45) is 2.21. The van der Waals surface area contributed by atoms with Crippen LogP contribution in [0.4, 0.5) is 5.69 Å². The number of rotatable bonds is 7. The van der Waals surface area contributed by atoms with Gasteiger partial charge in [0.15, 0.2) is 11.0 Å². The third-order valence-electron chi connectivity index (χ3n) is 4.62. The average Bonchev–Trinajstić information content (AvgIpc) is 3.38. The van der Waals surface area contributed by atoms with Gasteiger partial charge in [-0.1, -0.05) is 41.6 Å². The Hall–Kier alpha value is -2.35. The second kappa shape index (κ2) is 9.43. The van der Waals surface area contributed by atoms with Gasteiger partial charge in [0.05, 0.1) is 18.4 Å². The molecule has 2 heterocycles. The molecule has 1 aliphatic rings. The maximum atomic E-state index is 12.3. The highest BCUT2D eigenvalue weighted by Gasteiger charge is 2.22. The molecule has 0 saturated carbocycles. The predicted octanol–water partition coefficient (Wildman–Crippen LogP) is 4.51. The van der Waals surface area contributed by atoms with E-state index in [1.807, 2.05) is 59.2 Å². The summed E-state index contributed by atoms with van der Waals surface area (Å²) in [6.45, 7) is 1.44. The van der Waals surface area contributed by atoms with E-state index in [2.05, 4.69) is 15.5 Å². The van der Waals surface area contributed by atoms with Crippen molar-refractivity contribution >= 4 is 35.0 Å². The van der Waals surface area contributed by atoms with Gasteiger partial charge in [-0.2, -0.15) is 0 Å². The maximum Gasteiger partial charge on any atom is 0.234 e. The highest BCUT2D eigenvalue weighted by Crippen LogP contribution is 2.27. The summed E-state index contributed by atoms with van der Waals surface area (Å²) in [5.41, 5.74) is 1.71. The largest absolute Gasteiger partial charge is 0.376 e. The topological polar surface area (TPSA) is 69.0 Å². The fraction of sp³-hybridized carbons (Fsp3) is 0.286. The zero-order valence-corrected chi connectivity index (χ0v) is 17.3. The van der Waals surface area contributed by atoms with Crippen molar-refractivity contribution in [2.45, 2.75) is 30.6 Å². The van der Waals surface area contributed by atoms with Gasteiger partial charge < -0.3 is 10.1 Å². The minimum Gasteiger partial charge on any atom is -0.376 e. The predicted molar refractivity (Wildman–Crippen MR) is 115 cm³/mol. The Bertz CT molecular complexity index is 957. The highest BCUT2D eigenvalue weighted by molar-refractivity contribution is 7.99. The normalized spacial score (nSPS) is 16.1. The van der Waals surface area contributed by atoms with Crippen molar-refractivity contribution in [3.8, 4) is 11.4 Å². The van der Waals surface area contributed by atoms with Crippen LogP contribution >= 0.6 is 23.4 Å². The van der Waals surface area contributed by atoms with Crippen molar-refractivity contribution in [3.05, 3.63) is 59.6 Å². The van der Waals surface area contributed by atoms with E-state index in [4.69, 9.17) is 16.3 Å². The zero-order chi connectivity index (χ0) is 20.1. The first-order chi connectivity index (χ1) is 14.2. The molecule has 1 N–H and O–H groups in total. The van der Waals surface area contributed by atoms with Crippen molar-refractivity contribution in [1.29, 1.82) is 0 Å². The minimum absolute atomic E-state index is 0.0825. The lowest BCUT2D eigenvalue weighted by Crippen LogP contribution is -2.18. The molecule has 29 heavy (non-hydrogen) atoms. The molecule has 0 aliphatic carbocycles. The Balaban J connectivity index is 1.50. The second-order valence-electron chi connectivity index (χ2n) is 6.76. The first-order valence-corrected chi connectivity index (χ1v) is 10.8. The maximum absolute atomic E-state index is 12.3. The van der Waals surface area contributed by atoms with Gasteiger partial charge in [0.25, 0.3) is 0 Å². The van der Waals surface area contributed by atoms with E-state index in [1.54, 1.807) is 0 Å². The SMILES string of the molecule is O=C(CSc1nnc(-c2ccc(Cl)cc2)n1CC1CCCO1)Nc1ccccc1. The Morgan fingerprint density at radius 2 is 1.97 bits per heavy atom. The third-order valence-corrected chi connectivity index (χ3v) is 5.84. The number of hydrogen-bond acceptors (Lipinski definition) is 5. The molecular weight excluding hydrogens is 408 g/mol. The van der Waals surface area contributed by atoms with Gasteiger partial charge in [-0.05, 0) is 49.2 Å². The van der Waals surface area contributed by atoms with Gasteiger partial charge in [0, 0.05) is 22.9 Å². The molecule has 0 spiro atoms. The number of benzene rings is 2. The molecule has 150 valence electrons. The monoisotopic (exact) mass is 428 g/mol. The van der Waals surface area contributed by atoms with Crippen LogP contribution in [-0.4, -0.2) is 39.1 Å². The number of aromatic nitrogens is 3. The Morgan fingerprint density at radius 3 is 2.69 bits per heavy atom. The standard InChI is InChI=1S/C21H21ClN4O2S/c22-16-10-8-15(9-11-16)20-24-25-21(26(20)13-18-7-4-12-28-18)29-14-19(27)23-17-5-2-1-3-6-17/h1-3,5-6,8-11,18H,4,7,12-14H2,(H,23,27). The van der Waals surface area contributed by atoms with Crippen LogP contribution in [-0.2, 0) is 16.1 Å². The molecule has 0 bridgehead atoms. The van der Waals surface area contributed by atoms with Gasteiger partial charge in [-0.3, -0.25) is 9.36 Å². The molecular formula is C21H21ClN4O2S. The fourth-order valence-corrected chi connectivity index (χ4v) is 4.09. The van der Waals surface area contributed by atoms with Crippen LogP contribution in [0.5, 0.6) is 0 Å². The van der Waals surface area contributed by atoms with E-state index in [0.29, 0.717) is 16.7 Å². The van der Waals surface area contributed by atoms with Crippen molar-refractivity contribution < 1.29 is 9.53 Å². The number of halogens is 1. The van der Waals surface area contributed by atoms with Crippen molar-refractivity contribution in [2.24, 2.45) is 0 Å². The molecule has 1 saturated heterocycles. The Kier molecular flexibility index (Phi) is 6.49. The average molecular weight is 429 g/mol. The van der Waals surface area contributed by atoms with E-state index in [1.165, 1.54) is 11.8 Å². The minimum atomic E-state index is -0.0825. The lowest BCUT2D eigenvalue weighted by Gasteiger charge is -2.14. The van der Waals surface area contributed by atoms with Crippen molar-refractivity contribution in [1.82, 2.24) is 14.8 Å². The highest BCUT2D eigenvalue weighted by atomic mass is 35.5. The summed E-state index contributed by atoms with van der Waals surface area (Å²) in [7, 11) is 0. The molecule has 3 aromatic rings. The van der Waals surface area contributed by atoms with Crippen molar-refractivity contribution in [2.75, 3.05) is 17.7 Å². The number of carbonyl (C=O) groups is 1. The van der Waals surface area contributed by atoms with Crippen LogP contribution < -0.4 is 5.32 Å². The quantitative estimate of drug-likeness (QED) is 0.561. The number of para-hydroxylation sites is 1. The summed E-state index contributed by atoms with van der Waals surface area (Å²) in [6, 6.07) is 16.9. The molecule has 1 fully saturated rings. The number of amides is 1. The number of hydrogen-bond donors (Lipinski definition) is 1. The number of ether oxygens (including phenoxy) is 1. The molecule has 8 heteroatoms. The molecule has 1 aromatic heterocycles. The van der Waals surface area contributed by atoms with Crippen LogP contribution in [0.25, 0.3) is 11.4 Å². The lowest BCUT2D eigenvalue weighted by atomic mass is 10.2. The third kappa shape index (κ3) is 5.18. The smallest absolute Gasteiger partial charge is 0.234 e. The molecule has 1 atom stereocenters. The zero-order valence-electron chi connectivity index (χ0n) is 15.8. The van der Waals surface area contributed by atoms with Gasteiger partial charge in [0.1, 0.15) is 0 Å². The van der Waals surface area contributed by atoms with Crippen LogP contribution in [0.15, 0.2) is 59.8 Å². The van der Waals surface area contributed by atoms with Crippen LogP contribution in [0.1, 0.15) is 12.8 Å². The van der Waals surface area contributed by atoms with Gasteiger partial charge in [0.2, 0.25) is 5.91 Å². The van der Waals surface area contributed by atoms with E-state index >= 15 is 0 Å². The summed E-state index contributed by atoms with van der Waals surface area (Å²) in [5.74, 6) is 0.920. The number of anilines is 1. The summed E-state index contributed by atoms with van der Waals surface area (Å²) in [5, 5.41) is 13.0. The molecule has 1 unspecified atom stereocenters.